The van der Waals surface area contributed by atoms with E-state index in [1.54, 1.807) is 18.7 Å². The van der Waals surface area contributed by atoms with Gasteiger partial charge in [0.15, 0.2) is 0 Å². The zero-order valence-corrected chi connectivity index (χ0v) is 10.0. The van der Waals surface area contributed by atoms with Crippen molar-refractivity contribution >= 4 is 17.7 Å². The van der Waals surface area contributed by atoms with E-state index in [1.807, 2.05) is 38.1 Å². The molecule has 15 heavy (non-hydrogen) atoms. The molecule has 3 heteroatoms. The lowest BCUT2D eigenvalue weighted by Crippen LogP contribution is -2.19. The number of aliphatic carboxylic acids is 1. The van der Waals surface area contributed by atoms with Gasteiger partial charge in [-0.15, -0.1) is 11.8 Å². The quantitative estimate of drug-likeness (QED) is 0.798. The van der Waals surface area contributed by atoms with Gasteiger partial charge in [0.25, 0.3) is 0 Å². The molecule has 0 heterocycles. The van der Waals surface area contributed by atoms with Gasteiger partial charge in [-0.3, -0.25) is 4.79 Å². The van der Waals surface area contributed by atoms with Gasteiger partial charge >= 0.3 is 5.97 Å². The van der Waals surface area contributed by atoms with Crippen LogP contribution in [0.2, 0.25) is 0 Å². The summed E-state index contributed by atoms with van der Waals surface area (Å²) < 4.78 is 0. The second kappa shape index (κ2) is 5.21. The molecule has 0 aliphatic heterocycles. The minimum atomic E-state index is -0.733. The second-order valence-corrected chi connectivity index (χ2v) is 5.13. The van der Waals surface area contributed by atoms with Crippen LogP contribution in [-0.4, -0.2) is 16.3 Å². The molecule has 0 aliphatic rings. The standard InChI is InChI=1S/C12H16O2S/c1-8-6-4-5-7-11(8)15-10(3)9(2)12(13)14/h4-7,9-10H,1-3H3,(H,13,14). The van der Waals surface area contributed by atoms with Gasteiger partial charge in [0.05, 0.1) is 5.92 Å². The van der Waals surface area contributed by atoms with Crippen LogP contribution < -0.4 is 0 Å². The fourth-order valence-corrected chi connectivity index (χ4v) is 2.32. The van der Waals surface area contributed by atoms with Crippen LogP contribution in [0.3, 0.4) is 0 Å². The Kier molecular flexibility index (Phi) is 4.21. The molecule has 1 aromatic carbocycles. The van der Waals surface area contributed by atoms with Gasteiger partial charge in [-0.25, -0.2) is 0 Å². The highest BCUT2D eigenvalue weighted by molar-refractivity contribution is 8.00. The molecule has 0 spiro atoms. The molecule has 2 nitrogen and oxygen atoms in total. The largest absolute Gasteiger partial charge is 0.481 e. The number of thioether (sulfide) groups is 1. The van der Waals surface area contributed by atoms with Gasteiger partial charge in [-0.2, -0.15) is 0 Å². The number of rotatable bonds is 4. The number of carbonyl (C=O) groups is 1. The first kappa shape index (κ1) is 12.1. The van der Waals surface area contributed by atoms with E-state index >= 15 is 0 Å². The highest BCUT2D eigenvalue weighted by atomic mass is 32.2. The predicted octanol–water partition coefficient (Wildman–Crippen LogP) is 3.20. The third kappa shape index (κ3) is 3.27. The summed E-state index contributed by atoms with van der Waals surface area (Å²) in [6.45, 7) is 5.74. The highest BCUT2D eigenvalue weighted by Gasteiger charge is 2.20. The molecule has 0 aliphatic carbocycles. The summed E-state index contributed by atoms with van der Waals surface area (Å²) in [6.07, 6.45) is 0. The lowest BCUT2D eigenvalue weighted by Gasteiger charge is -2.16. The molecular weight excluding hydrogens is 208 g/mol. The summed E-state index contributed by atoms with van der Waals surface area (Å²) in [5.41, 5.74) is 1.20. The zero-order valence-electron chi connectivity index (χ0n) is 9.23. The predicted molar refractivity (Wildman–Crippen MR) is 63.3 cm³/mol. The van der Waals surface area contributed by atoms with Gasteiger partial charge in [0.1, 0.15) is 0 Å². The average molecular weight is 224 g/mol. The Bertz CT molecular complexity index is 349. The Morgan fingerprint density at radius 2 is 1.93 bits per heavy atom. The van der Waals surface area contributed by atoms with Gasteiger partial charge in [-0.05, 0) is 18.6 Å². The van der Waals surface area contributed by atoms with E-state index in [0.717, 1.165) is 4.90 Å². The Hall–Kier alpha value is -0.960. The Labute approximate surface area is 94.7 Å². The molecule has 1 rings (SSSR count). The van der Waals surface area contributed by atoms with Crippen molar-refractivity contribution in [1.82, 2.24) is 0 Å². The number of hydrogen-bond acceptors (Lipinski definition) is 2. The third-order valence-corrected chi connectivity index (χ3v) is 3.99. The monoisotopic (exact) mass is 224 g/mol. The lowest BCUT2D eigenvalue weighted by molar-refractivity contribution is -0.140. The van der Waals surface area contributed by atoms with Crippen LogP contribution in [0, 0.1) is 12.8 Å². The van der Waals surface area contributed by atoms with Crippen LogP contribution in [0.1, 0.15) is 19.4 Å². The molecule has 0 amide bonds. The van der Waals surface area contributed by atoms with Crippen LogP contribution in [0.15, 0.2) is 29.2 Å². The number of aryl methyl sites for hydroxylation is 1. The van der Waals surface area contributed by atoms with E-state index in [1.165, 1.54) is 5.56 Å². The number of hydrogen-bond donors (Lipinski definition) is 1. The normalized spacial score (nSPS) is 14.6. The lowest BCUT2D eigenvalue weighted by atomic mass is 10.1. The third-order valence-electron chi connectivity index (χ3n) is 2.50. The average Bonchev–Trinajstić information content (AvgIpc) is 2.20. The summed E-state index contributed by atoms with van der Waals surface area (Å²) in [5, 5.41) is 8.97. The fraction of sp³-hybridized carbons (Fsp3) is 0.417. The molecule has 0 radical (unpaired) electrons. The van der Waals surface area contributed by atoms with E-state index in [4.69, 9.17) is 5.11 Å². The zero-order chi connectivity index (χ0) is 11.4. The van der Waals surface area contributed by atoms with Crippen LogP contribution in [0.5, 0.6) is 0 Å². The smallest absolute Gasteiger partial charge is 0.307 e. The summed E-state index contributed by atoms with van der Waals surface area (Å²) in [6, 6.07) is 8.05. The van der Waals surface area contributed by atoms with Crippen molar-refractivity contribution in [1.29, 1.82) is 0 Å². The van der Waals surface area contributed by atoms with E-state index in [-0.39, 0.29) is 11.2 Å². The molecule has 82 valence electrons. The molecular formula is C12H16O2S. The Morgan fingerprint density at radius 1 is 1.33 bits per heavy atom. The molecule has 0 bridgehead atoms. The summed E-state index contributed by atoms with van der Waals surface area (Å²) in [7, 11) is 0. The van der Waals surface area contributed by atoms with Crippen LogP contribution >= 0.6 is 11.8 Å². The van der Waals surface area contributed by atoms with Gasteiger partial charge in [-0.1, -0.05) is 32.0 Å². The van der Waals surface area contributed by atoms with Crippen molar-refractivity contribution in [3.8, 4) is 0 Å². The maximum absolute atomic E-state index is 10.8. The second-order valence-electron chi connectivity index (χ2n) is 3.72. The van der Waals surface area contributed by atoms with Crippen molar-refractivity contribution < 1.29 is 9.90 Å². The van der Waals surface area contributed by atoms with Crippen molar-refractivity contribution in [3.05, 3.63) is 29.8 Å². The van der Waals surface area contributed by atoms with Crippen LogP contribution in [0.25, 0.3) is 0 Å². The summed E-state index contributed by atoms with van der Waals surface area (Å²) in [4.78, 5) is 12.0. The minimum Gasteiger partial charge on any atom is -0.481 e. The molecule has 0 fully saturated rings. The van der Waals surface area contributed by atoms with Crippen molar-refractivity contribution in [2.24, 2.45) is 5.92 Å². The SMILES string of the molecule is Cc1ccccc1SC(C)C(C)C(=O)O. The first-order valence-corrected chi connectivity index (χ1v) is 5.85. The van der Waals surface area contributed by atoms with Crippen molar-refractivity contribution in [3.63, 3.8) is 0 Å². The van der Waals surface area contributed by atoms with Crippen molar-refractivity contribution in [2.75, 3.05) is 0 Å². The van der Waals surface area contributed by atoms with Gasteiger partial charge in [0, 0.05) is 10.1 Å². The topological polar surface area (TPSA) is 37.3 Å². The maximum Gasteiger partial charge on any atom is 0.307 e. The Balaban J connectivity index is 2.70. The van der Waals surface area contributed by atoms with Gasteiger partial charge < -0.3 is 5.11 Å². The van der Waals surface area contributed by atoms with Gasteiger partial charge in [0.2, 0.25) is 0 Å². The molecule has 0 aromatic heterocycles. The molecule has 2 unspecified atom stereocenters. The number of benzene rings is 1. The molecule has 1 aromatic rings. The number of carboxylic acid groups (broad SMARTS) is 1. The fourth-order valence-electron chi connectivity index (χ4n) is 1.19. The summed E-state index contributed by atoms with van der Waals surface area (Å²) in [5.74, 6) is -1.06. The van der Waals surface area contributed by atoms with E-state index in [0.29, 0.717) is 0 Å². The van der Waals surface area contributed by atoms with E-state index < -0.39 is 5.97 Å². The van der Waals surface area contributed by atoms with Crippen LogP contribution in [0.4, 0.5) is 0 Å². The van der Waals surface area contributed by atoms with E-state index in [9.17, 15) is 4.79 Å². The molecule has 0 saturated heterocycles. The van der Waals surface area contributed by atoms with Crippen molar-refractivity contribution in [2.45, 2.75) is 30.9 Å². The maximum atomic E-state index is 10.8. The minimum absolute atomic E-state index is 0.0867. The molecule has 1 N–H and O–H groups in total. The Morgan fingerprint density at radius 3 is 2.47 bits per heavy atom. The first-order valence-electron chi connectivity index (χ1n) is 4.97. The summed E-state index contributed by atoms with van der Waals surface area (Å²) >= 11 is 1.63. The first-order chi connectivity index (χ1) is 7.02. The highest BCUT2D eigenvalue weighted by Crippen LogP contribution is 2.30. The number of carboxylic acids is 1. The molecule has 0 saturated carbocycles. The van der Waals surface area contributed by atoms with E-state index in [2.05, 4.69) is 0 Å². The van der Waals surface area contributed by atoms with Crippen LogP contribution in [-0.2, 0) is 4.79 Å². The molecule has 2 atom stereocenters.